The van der Waals surface area contributed by atoms with Crippen LogP contribution in [0.4, 0.5) is 8.78 Å². The topological polar surface area (TPSA) is 29.1 Å². The van der Waals surface area contributed by atoms with Crippen LogP contribution in [0.15, 0.2) is 23.1 Å². The lowest BCUT2D eigenvalue weighted by atomic mass is 10.3. The highest BCUT2D eigenvalue weighted by Gasteiger charge is 2.11. The van der Waals surface area contributed by atoms with E-state index in [1.165, 1.54) is 6.07 Å². The van der Waals surface area contributed by atoms with Gasteiger partial charge in [0.1, 0.15) is 11.6 Å². The normalized spacial score (nSPS) is 14.8. The van der Waals surface area contributed by atoms with Crippen LogP contribution >= 0.6 is 0 Å². The summed E-state index contributed by atoms with van der Waals surface area (Å²) in [7, 11) is 0.404. The molecule has 1 N–H and O–H groups in total. The molecule has 0 bridgehead atoms. The molecule has 2 nitrogen and oxygen atoms in total. The third-order valence-electron chi connectivity index (χ3n) is 2.37. The zero-order valence-electron chi connectivity index (χ0n) is 9.30. The first-order valence-electron chi connectivity index (χ1n) is 5.05. The summed E-state index contributed by atoms with van der Waals surface area (Å²) in [6.07, 6.45) is 0.680. The first kappa shape index (κ1) is 13.3. The maximum absolute atomic E-state index is 13.3. The van der Waals surface area contributed by atoms with Gasteiger partial charge in [-0.25, -0.2) is 8.78 Å². The molecule has 90 valence electrons. The lowest BCUT2D eigenvalue weighted by Gasteiger charge is -2.09. The number of halogens is 2. The van der Waals surface area contributed by atoms with Crippen LogP contribution in [-0.4, -0.2) is 23.1 Å². The van der Waals surface area contributed by atoms with Gasteiger partial charge in [-0.15, -0.1) is 0 Å². The van der Waals surface area contributed by atoms with Crippen molar-refractivity contribution >= 4 is 10.8 Å². The Morgan fingerprint density at radius 3 is 2.69 bits per heavy atom. The molecular formula is C11H15F2NOS. The van der Waals surface area contributed by atoms with Gasteiger partial charge < -0.3 is 5.32 Å². The maximum Gasteiger partial charge on any atom is 0.142 e. The maximum atomic E-state index is 13.3. The number of hydrogen-bond acceptors (Lipinski definition) is 2. The molecule has 0 aliphatic rings. The molecule has 0 aromatic heterocycles. The number of hydrogen-bond donors (Lipinski definition) is 1. The zero-order valence-corrected chi connectivity index (χ0v) is 10.1. The Labute approximate surface area is 96.5 Å². The van der Waals surface area contributed by atoms with Gasteiger partial charge in [0.2, 0.25) is 0 Å². The average Bonchev–Trinajstić information content (AvgIpc) is 2.25. The van der Waals surface area contributed by atoms with Gasteiger partial charge in [-0.1, -0.05) is 0 Å². The Balaban J connectivity index is 2.66. The standard InChI is InChI=1S/C11H15F2NOS/c1-8(14-2)5-6-16(15)11-4-3-9(12)7-10(11)13/h3-4,7-8,14H,5-6H2,1-2H3. The molecule has 0 fully saturated rings. The highest BCUT2D eigenvalue weighted by Crippen LogP contribution is 2.14. The monoisotopic (exact) mass is 247 g/mol. The number of rotatable bonds is 5. The van der Waals surface area contributed by atoms with E-state index in [0.29, 0.717) is 12.2 Å². The molecular weight excluding hydrogens is 232 g/mol. The van der Waals surface area contributed by atoms with Gasteiger partial charge in [0.25, 0.3) is 0 Å². The molecule has 0 saturated heterocycles. The highest BCUT2D eigenvalue weighted by molar-refractivity contribution is 7.85. The van der Waals surface area contributed by atoms with Crippen molar-refractivity contribution in [2.75, 3.05) is 12.8 Å². The lowest BCUT2D eigenvalue weighted by molar-refractivity contribution is 0.560. The van der Waals surface area contributed by atoms with Crippen molar-refractivity contribution < 1.29 is 13.0 Å². The van der Waals surface area contributed by atoms with Crippen molar-refractivity contribution in [1.29, 1.82) is 0 Å². The highest BCUT2D eigenvalue weighted by atomic mass is 32.2. The molecule has 1 aromatic carbocycles. The van der Waals surface area contributed by atoms with Gasteiger partial charge in [0.05, 0.1) is 15.7 Å². The van der Waals surface area contributed by atoms with Crippen LogP contribution < -0.4 is 5.32 Å². The van der Waals surface area contributed by atoms with E-state index in [-0.39, 0.29) is 10.9 Å². The van der Waals surface area contributed by atoms with Gasteiger partial charge >= 0.3 is 0 Å². The quantitative estimate of drug-likeness (QED) is 0.863. The SMILES string of the molecule is CNC(C)CCS(=O)c1ccc(F)cc1F. The Morgan fingerprint density at radius 1 is 1.44 bits per heavy atom. The van der Waals surface area contributed by atoms with Crippen LogP contribution in [0, 0.1) is 11.6 Å². The first-order chi connectivity index (χ1) is 7.54. The minimum Gasteiger partial charge on any atom is -0.317 e. The number of nitrogens with one attached hydrogen (secondary N) is 1. The third kappa shape index (κ3) is 3.64. The summed E-state index contributed by atoms with van der Waals surface area (Å²) >= 11 is 0. The van der Waals surface area contributed by atoms with Gasteiger partial charge in [0, 0.05) is 17.9 Å². The Bertz CT molecular complexity index is 384. The fraction of sp³-hybridized carbons (Fsp3) is 0.455. The van der Waals surface area contributed by atoms with Crippen LogP contribution in [-0.2, 0) is 10.8 Å². The minimum atomic E-state index is -1.41. The predicted molar refractivity (Wildman–Crippen MR) is 60.8 cm³/mol. The van der Waals surface area contributed by atoms with E-state index in [1.807, 2.05) is 14.0 Å². The smallest absolute Gasteiger partial charge is 0.142 e. The Kier molecular flexibility index (Phi) is 5.02. The molecule has 5 heteroatoms. The molecule has 0 aliphatic carbocycles. The zero-order chi connectivity index (χ0) is 12.1. The predicted octanol–water partition coefficient (Wildman–Crippen LogP) is 2.07. The Morgan fingerprint density at radius 2 is 2.12 bits per heavy atom. The molecule has 2 unspecified atom stereocenters. The van der Waals surface area contributed by atoms with Crippen molar-refractivity contribution in [2.45, 2.75) is 24.3 Å². The van der Waals surface area contributed by atoms with Crippen LogP contribution in [0.5, 0.6) is 0 Å². The van der Waals surface area contributed by atoms with E-state index in [2.05, 4.69) is 5.32 Å². The lowest BCUT2D eigenvalue weighted by Crippen LogP contribution is -2.23. The summed E-state index contributed by atoms with van der Waals surface area (Å²) in [4.78, 5) is 0.0738. The van der Waals surface area contributed by atoms with Crippen LogP contribution in [0.3, 0.4) is 0 Å². The van der Waals surface area contributed by atoms with Gasteiger partial charge in [-0.05, 0) is 32.5 Å². The summed E-state index contributed by atoms with van der Waals surface area (Å²) in [5, 5.41) is 3.01. The second-order valence-electron chi connectivity index (χ2n) is 3.60. The van der Waals surface area contributed by atoms with Crippen molar-refractivity contribution in [1.82, 2.24) is 5.32 Å². The molecule has 1 aromatic rings. The molecule has 0 spiro atoms. The molecule has 0 radical (unpaired) electrons. The van der Waals surface area contributed by atoms with Crippen molar-refractivity contribution in [3.8, 4) is 0 Å². The van der Waals surface area contributed by atoms with Crippen molar-refractivity contribution in [3.63, 3.8) is 0 Å². The summed E-state index contributed by atoms with van der Waals surface area (Å²) in [6.45, 7) is 1.96. The van der Waals surface area contributed by atoms with E-state index >= 15 is 0 Å². The second kappa shape index (κ2) is 6.06. The van der Waals surface area contributed by atoms with Gasteiger partial charge in [-0.2, -0.15) is 0 Å². The fourth-order valence-electron chi connectivity index (χ4n) is 1.20. The summed E-state index contributed by atoms with van der Waals surface area (Å²) in [5.41, 5.74) is 0. The largest absolute Gasteiger partial charge is 0.317 e. The van der Waals surface area contributed by atoms with Crippen LogP contribution in [0.2, 0.25) is 0 Å². The molecule has 16 heavy (non-hydrogen) atoms. The third-order valence-corrected chi connectivity index (χ3v) is 3.80. The average molecular weight is 247 g/mol. The molecule has 0 aliphatic heterocycles. The van der Waals surface area contributed by atoms with E-state index < -0.39 is 22.4 Å². The molecule has 0 heterocycles. The first-order valence-corrected chi connectivity index (χ1v) is 6.37. The summed E-state index contributed by atoms with van der Waals surface area (Å²) < 4.78 is 37.6. The minimum absolute atomic E-state index is 0.0738. The molecule has 0 saturated carbocycles. The van der Waals surface area contributed by atoms with Gasteiger partial charge in [-0.3, -0.25) is 4.21 Å². The van der Waals surface area contributed by atoms with Crippen LogP contribution in [0.1, 0.15) is 13.3 Å². The van der Waals surface area contributed by atoms with Crippen molar-refractivity contribution in [3.05, 3.63) is 29.8 Å². The van der Waals surface area contributed by atoms with E-state index in [1.54, 1.807) is 0 Å². The fourth-order valence-corrected chi connectivity index (χ4v) is 2.48. The summed E-state index contributed by atoms with van der Waals surface area (Å²) in [6, 6.07) is 3.35. The number of benzene rings is 1. The molecule has 1 rings (SSSR count). The van der Waals surface area contributed by atoms with E-state index in [0.717, 1.165) is 12.1 Å². The van der Waals surface area contributed by atoms with E-state index in [9.17, 15) is 13.0 Å². The summed E-state index contributed by atoms with van der Waals surface area (Å²) in [5.74, 6) is -1.03. The van der Waals surface area contributed by atoms with Crippen molar-refractivity contribution in [2.24, 2.45) is 0 Å². The van der Waals surface area contributed by atoms with Crippen LogP contribution in [0.25, 0.3) is 0 Å². The van der Waals surface area contributed by atoms with E-state index in [4.69, 9.17) is 0 Å². The molecule has 2 atom stereocenters. The second-order valence-corrected chi connectivity index (χ2v) is 5.14. The van der Waals surface area contributed by atoms with Gasteiger partial charge in [0.15, 0.2) is 0 Å². The molecule has 0 amide bonds. The Hall–Kier alpha value is -0.810.